The van der Waals surface area contributed by atoms with E-state index in [4.69, 9.17) is 4.74 Å². The molecule has 1 unspecified atom stereocenters. The number of rotatable bonds is 3. The third-order valence-corrected chi connectivity index (χ3v) is 5.15. The second-order valence-electron chi connectivity index (χ2n) is 5.82. The summed E-state index contributed by atoms with van der Waals surface area (Å²) in [5, 5.41) is 1.99. The normalized spacial score (nSPS) is 22.6. The predicted octanol–water partition coefficient (Wildman–Crippen LogP) is 1.53. The summed E-state index contributed by atoms with van der Waals surface area (Å²) in [6.45, 7) is 3.40. The molecule has 22 heavy (non-hydrogen) atoms. The molecule has 3 heterocycles. The molecule has 0 radical (unpaired) electrons. The third-order valence-electron chi connectivity index (χ3n) is 4.27. The maximum Gasteiger partial charge on any atom is 0.251 e. The van der Waals surface area contributed by atoms with Crippen LogP contribution >= 0.6 is 11.3 Å². The first-order chi connectivity index (χ1) is 10.7. The topological polar surface area (TPSA) is 49.9 Å². The minimum absolute atomic E-state index is 0.102. The Morgan fingerprint density at radius 1 is 1.18 bits per heavy atom. The van der Waals surface area contributed by atoms with Gasteiger partial charge in [0.05, 0.1) is 6.42 Å². The lowest BCUT2D eigenvalue weighted by Gasteiger charge is -2.24. The van der Waals surface area contributed by atoms with E-state index in [0.717, 1.165) is 37.2 Å². The van der Waals surface area contributed by atoms with Gasteiger partial charge >= 0.3 is 0 Å². The Morgan fingerprint density at radius 3 is 2.73 bits per heavy atom. The van der Waals surface area contributed by atoms with E-state index in [1.165, 1.54) is 0 Å². The number of hydrogen-bond acceptors (Lipinski definition) is 4. The average Bonchev–Trinajstić information content (AvgIpc) is 3.16. The first-order valence-corrected chi connectivity index (χ1v) is 8.82. The summed E-state index contributed by atoms with van der Waals surface area (Å²) in [5.74, 6) is 0.263. The number of ether oxygens (including phenoxy) is 1. The summed E-state index contributed by atoms with van der Waals surface area (Å²) in [5.41, 5.74) is 0. The maximum atomic E-state index is 12.4. The number of carbonyl (C=O) groups excluding carboxylic acids is 2. The summed E-state index contributed by atoms with van der Waals surface area (Å²) in [4.78, 5) is 29.6. The van der Waals surface area contributed by atoms with Crippen LogP contribution < -0.4 is 0 Å². The zero-order valence-corrected chi connectivity index (χ0v) is 13.5. The molecule has 1 aromatic rings. The molecule has 0 bridgehead atoms. The molecule has 3 rings (SSSR count). The molecule has 0 aromatic carbocycles. The zero-order valence-electron chi connectivity index (χ0n) is 12.7. The van der Waals surface area contributed by atoms with Crippen molar-refractivity contribution in [3.8, 4) is 0 Å². The number of nitrogens with zero attached hydrogens (tertiary/aromatic N) is 2. The van der Waals surface area contributed by atoms with Crippen LogP contribution in [0.3, 0.4) is 0 Å². The van der Waals surface area contributed by atoms with Crippen molar-refractivity contribution in [1.29, 1.82) is 0 Å². The van der Waals surface area contributed by atoms with Gasteiger partial charge in [0.1, 0.15) is 6.10 Å². The Kier molecular flexibility index (Phi) is 5.10. The van der Waals surface area contributed by atoms with Crippen LogP contribution in [-0.2, 0) is 20.7 Å². The monoisotopic (exact) mass is 322 g/mol. The molecule has 0 N–H and O–H groups in total. The van der Waals surface area contributed by atoms with E-state index < -0.39 is 0 Å². The smallest absolute Gasteiger partial charge is 0.251 e. The van der Waals surface area contributed by atoms with Gasteiger partial charge in [-0.15, -0.1) is 11.3 Å². The van der Waals surface area contributed by atoms with Crippen molar-refractivity contribution in [2.24, 2.45) is 0 Å². The molecule has 2 saturated heterocycles. The lowest BCUT2D eigenvalue weighted by Crippen LogP contribution is -2.42. The molecule has 5 nitrogen and oxygen atoms in total. The first kappa shape index (κ1) is 15.5. The lowest BCUT2D eigenvalue weighted by atomic mass is 10.2. The van der Waals surface area contributed by atoms with E-state index in [0.29, 0.717) is 26.1 Å². The van der Waals surface area contributed by atoms with Gasteiger partial charge in [-0.25, -0.2) is 0 Å². The SMILES string of the molecule is O=C(Cc1cccs1)N1CCCN(C(=O)C2CCCO2)CC1. The fraction of sp³-hybridized carbons (Fsp3) is 0.625. The highest BCUT2D eigenvalue weighted by Crippen LogP contribution is 2.17. The minimum atomic E-state index is -0.256. The van der Waals surface area contributed by atoms with Crippen molar-refractivity contribution in [2.45, 2.75) is 31.8 Å². The summed E-state index contributed by atoms with van der Waals surface area (Å²) < 4.78 is 5.48. The maximum absolute atomic E-state index is 12.4. The number of amides is 2. The fourth-order valence-corrected chi connectivity index (χ4v) is 3.73. The van der Waals surface area contributed by atoms with Gasteiger partial charge in [0.15, 0.2) is 0 Å². The van der Waals surface area contributed by atoms with Crippen LogP contribution in [0.4, 0.5) is 0 Å². The molecule has 2 aliphatic heterocycles. The van der Waals surface area contributed by atoms with Gasteiger partial charge in [-0.2, -0.15) is 0 Å². The molecule has 1 aromatic heterocycles. The zero-order chi connectivity index (χ0) is 15.4. The number of carbonyl (C=O) groups is 2. The van der Waals surface area contributed by atoms with E-state index in [1.807, 2.05) is 27.3 Å². The van der Waals surface area contributed by atoms with Crippen LogP contribution in [0, 0.1) is 0 Å². The molecule has 0 aliphatic carbocycles. The van der Waals surface area contributed by atoms with Crippen molar-refractivity contribution in [2.75, 3.05) is 32.8 Å². The average molecular weight is 322 g/mol. The third kappa shape index (κ3) is 3.67. The van der Waals surface area contributed by atoms with Crippen LogP contribution in [0.15, 0.2) is 17.5 Å². The largest absolute Gasteiger partial charge is 0.368 e. The first-order valence-electron chi connectivity index (χ1n) is 7.94. The van der Waals surface area contributed by atoms with Crippen LogP contribution in [0.1, 0.15) is 24.1 Å². The van der Waals surface area contributed by atoms with E-state index in [-0.39, 0.29) is 17.9 Å². The van der Waals surface area contributed by atoms with Crippen LogP contribution in [0.25, 0.3) is 0 Å². The summed E-state index contributed by atoms with van der Waals surface area (Å²) in [6.07, 6.45) is 2.85. The highest BCUT2D eigenvalue weighted by atomic mass is 32.1. The van der Waals surface area contributed by atoms with Crippen LogP contribution in [-0.4, -0.2) is 60.5 Å². The van der Waals surface area contributed by atoms with Crippen molar-refractivity contribution in [1.82, 2.24) is 9.80 Å². The highest BCUT2D eigenvalue weighted by molar-refractivity contribution is 7.10. The molecular weight excluding hydrogens is 300 g/mol. The summed E-state index contributed by atoms with van der Waals surface area (Å²) in [6, 6.07) is 3.96. The Balaban J connectivity index is 1.53. The van der Waals surface area contributed by atoms with Gasteiger partial charge in [-0.05, 0) is 30.7 Å². The lowest BCUT2D eigenvalue weighted by molar-refractivity contribution is -0.141. The van der Waals surface area contributed by atoms with Gasteiger partial charge in [0.25, 0.3) is 5.91 Å². The highest BCUT2D eigenvalue weighted by Gasteiger charge is 2.30. The molecule has 120 valence electrons. The molecule has 1 atom stereocenters. The molecule has 2 amide bonds. The number of thiophene rings is 1. The fourth-order valence-electron chi connectivity index (χ4n) is 3.04. The quantitative estimate of drug-likeness (QED) is 0.848. The van der Waals surface area contributed by atoms with E-state index >= 15 is 0 Å². The van der Waals surface area contributed by atoms with Crippen molar-refractivity contribution < 1.29 is 14.3 Å². The van der Waals surface area contributed by atoms with Gasteiger partial charge < -0.3 is 14.5 Å². The summed E-state index contributed by atoms with van der Waals surface area (Å²) >= 11 is 1.61. The van der Waals surface area contributed by atoms with Crippen LogP contribution in [0.5, 0.6) is 0 Å². The Labute approximate surface area is 134 Å². The van der Waals surface area contributed by atoms with Gasteiger partial charge in [0.2, 0.25) is 5.91 Å². The van der Waals surface area contributed by atoms with Gasteiger partial charge in [-0.1, -0.05) is 6.07 Å². The second-order valence-corrected chi connectivity index (χ2v) is 6.85. The van der Waals surface area contributed by atoms with E-state index in [1.54, 1.807) is 11.3 Å². The standard InChI is InChI=1S/C16H22N2O3S/c19-15(12-13-4-2-11-22-13)17-6-3-7-18(9-8-17)16(20)14-5-1-10-21-14/h2,4,11,14H,1,3,5-10,12H2. The second kappa shape index (κ2) is 7.24. The van der Waals surface area contributed by atoms with Gasteiger partial charge in [-0.3, -0.25) is 9.59 Å². The van der Waals surface area contributed by atoms with Crippen LogP contribution in [0.2, 0.25) is 0 Å². The molecule has 6 heteroatoms. The van der Waals surface area contributed by atoms with Crippen molar-refractivity contribution >= 4 is 23.2 Å². The summed E-state index contributed by atoms with van der Waals surface area (Å²) in [7, 11) is 0. The Bertz CT molecular complexity index is 511. The van der Waals surface area contributed by atoms with Crippen molar-refractivity contribution in [3.05, 3.63) is 22.4 Å². The minimum Gasteiger partial charge on any atom is -0.368 e. The number of hydrogen-bond donors (Lipinski definition) is 0. The molecule has 2 fully saturated rings. The van der Waals surface area contributed by atoms with E-state index in [2.05, 4.69) is 0 Å². The van der Waals surface area contributed by atoms with Crippen molar-refractivity contribution in [3.63, 3.8) is 0 Å². The molecule has 0 saturated carbocycles. The Hall–Kier alpha value is -1.40. The molecule has 2 aliphatic rings. The Morgan fingerprint density at radius 2 is 2.00 bits per heavy atom. The molecular formula is C16H22N2O3S. The van der Waals surface area contributed by atoms with Gasteiger partial charge in [0, 0.05) is 37.7 Å². The predicted molar refractivity (Wildman–Crippen MR) is 84.8 cm³/mol. The van der Waals surface area contributed by atoms with E-state index in [9.17, 15) is 9.59 Å². The molecule has 0 spiro atoms.